The summed E-state index contributed by atoms with van der Waals surface area (Å²) in [6.45, 7) is 0. The number of nitrogens with zero attached hydrogens (tertiary/aromatic N) is 5. The van der Waals surface area contributed by atoms with Gasteiger partial charge in [-0.25, -0.2) is 15.0 Å². The number of fused-ring (bicyclic) bond motifs is 10. The summed E-state index contributed by atoms with van der Waals surface area (Å²) in [6.07, 6.45) is 15.0. The number of hydrogen-bond donors (Lipinski definition) is 3. The van der Waals surface area contributed by atoms with Crippen LogP contribution in [0.2, 0.25) is 0 Å². The van der Waals surface area contributed by atoms with Gasteiger partial charge in [0.1, 0.15) is 30.2 Å². The van der Waals surface area contributed by atoms with Crippen molar-refractivity contribution in [3.63, 3.8) is 0 Å². The summed E-state index contributed by atoms with van der Waals surface area (Å²) in [7, 11) is 0. The minimum atomic E-state index is -0.442. The topological polar surface area (TPSA) is 81.3 Å². The van der Waals surface area contributed by atoms with Crippen LogP contribution in [0, 0.1) is 0 Å². The van der Waals surface area contributed by atoms with E-state index >= 15 is 0 Å². The molecule has 0 radical (unpaired) electrons. The highest BCUT2D eigenvalue weighted by Gasteiger charge is 2.44. The molecule has 0 bridgehead atoms. The molecule has 3 N–H and O–H groups in total. The van der Waals surface area contributed by atoms with Crippen molar-refractivity contribution in [3.8, 4) is 16.8 Å². The molecule has 11 aromatic carbocycles. The molecule has 5 atom stereocenters. The maximum atomic E-state index is 5.74. The highest BCUT2D eigenvalue weighted by molar-refractivity contribution is 7.26. The summed E-state index contributed by atoms with van der Waals surface area (Å²) >= 11 is 1.88. The van der Waals surface area contributed by atoms with E-state index in [1.165, 1.54) is 86.8 Å². The molecule has 5 unspecified atom stereocenters. The highest BCUT2D eigenvalue weighted by atomic mass is 32.1. The molecule has 5 heterocycles. The highest BCUT2D eigenvalue weighted by Crippen LogP contribution is 2.57. The fourth-order valence-electron chi connectivity index (χ4n) is 14.7. The van der Waals surface area contributed by atoms with Crippen LogP contribution in [0.3, 0.4) is 0 Å². The van der Waals surface area contributed by atoms with Crippen LogP contribution in [0.5, 0.6) is 0 Å². The number of amidine groups is 3. The van der Waals surface area contributed by atoms with Crippen LogP contribution in [0.4, 0.5) is 11.4 Å². The second-order valence-electron chi connectivity index (χ2n) is 24.6. The van der Waals surface area contributed by atoms with Gasteiger partial charge in [-0.1, -0.05) is 267 Å². The van der Waals surface area contributed by atoms with Crippen molar-refractivity contribution in [2.45, 2.75) is 43.3 Å². The Balaban J connectivity index is 0.900. The molecule has 0 saturated carbocycles. The average Bonchev–Trinajstić information content (AvgIpc) is 1.53. The molecule has 5 aliphatic rings. The number of hydrogen-bond acceptors (Lipinski definition) is 8. The summed E-state index contributed by atoms with van der Waals surface area (Å²) in [5.74, 6) is 2.16. The number of anilines is 2. The van der Waals surface area contributed by atoms with E-state index in [4.69, 9.17) is 15.0 Å². The van der Waals surface area contributed by atoms with Crippen LogP contribution in [0.1, 0.15) is 87.3 Å². The lowest BCUT2D eigenvalue weighted by Gasteiger charge is -2.35. The molecule has 9 heteroatoms. The first-order valence-corrected chi connectivity index (χ1v) is 33.0. The quantitative estimate of drug-likeness (QED) is 0.121. The Labute approximate surface area is 544 Å². The third-order valence-electron chi connectivity index (χ3n) is 19.1. The zero-order valence-electron chi connectivity index (χ0n) is 50.8. The first kappa shape index (κ1) is 54.7. The Morgan fingerprint density at radius 3 is 1.89 bits per heavy atom. The smallest absolute Gasteiger partial charge is 0.161 e. The lowest BCUT2D eigenvalue weighted by molar-refractivity contribution is 0.409. The van der Waals surface area contributed by atoms with E-state index in [1.807, 2.05) is 11.3 Å². The minimum absolute atomic E-state index is 0.0421. The van der Waals surface area contributed by atoms with Gasteiger partial charge in [0.25, 0.3) is 0 Å². The van der Waals surface area contributed by atoms with E-state index < -0.39 is 6.17 Å². The number of aliphatic imine (C=N–C) groups is 3. The van der Waals surface area contributed by atoms with Crippen LogP contribution in [0.15, 0.2) is 318 Å². The van der Waals surface area contributed by atoms with Crippen molar-refractivity contribution < 1.29 is 0 Å². The second-order valence-corrected chi connectivity index (χ2v) is 25.6. The molecule has 2 aliphatic carbocycles. The maximum Gasteiger partial charge on any atom is 0.161 e. The predicted octanol–water partition coefficient (Wildman–Crippen LogP) is 19.6. The van der Waals surface area contributed by atoms with Crippen LogP contribution >= 0.6 is 11.3 Å². The van der Waals surface area contributed by atoms with Crippen LogP contribution < -0.4 is 20.9 Å². The normalized spacial score (nSPS) is 19.1. The third kappa shape index (κ3) is 9.58. The fraction of sp³-hybridized carbons (Fsp3) is 0.0833. The van der Waals surface area contributed by atoms with E-state index in [0.717, 1.165) is 69.1 Å². The number of allylic oxidation sites excluding steroid dienone is 6. The first-order chi connectivity index (χ1) is 46.1. The summed E-state index contributed by atoms with van der Waals surface area (Å²) in [5, 5.41) is 16.7. The molecule has 18 rings (SSSR count). The molecule has 3 aliphatic heterocycles. The number of para-hydroxylation sites is 1. The van der Waals surface area contributed by atoms with Gasteiger partial charge < -0.3 is 20.1 Å². The van der Waals surface area contributed by atoms with Gasteiger partial charge in [0.05, 0.1) is 38.8 Å². The van der Waals surface area contributed by atoms with Crippen LogP contribution in [-0.2, 0) is 0 Å². The lowest BCUT2D eigenvalue weighted by atomic mass is 9.84. The fourth-order valence-corrected chi connectivity index (χ4v) is 15.9. The monoisotopic (exact) mass is 1210 g/mol. The van der Waals surface area contributed by atoms with Gasteiger partial charge in [0, 0.05) is 54.4 Å². The Bertz CT molecular complexity index is 5310. The molecule has 0 fully saturated rings. The van der Waals surface area contributed by atoms with Gasteiger partial charge >= 0.3 is 0 Å². The predicted molar refractivity (Wildman–Crippen MR) is 387 cm³/mol. The van der Waals surface area contributed by atoms with Crippen LogP contribution in [-0.4, -0.2) is 28.1 Å². The van der Waals surface area contributed by atoms with Crippen molar-refractivity contribution in [2.24, 2.45) is 15.0 Å². The maximum absolute atomic E-state index is 5.74. The van der Waals surface area contributed by atoms with Gasteiger partial charge in [-0.2, -0.15) is 0 Å². The van der Waals surface area contributed by atoms with Gasteiger partial charge in [-0.05, 0) is 99.3 Å². The average molecular weight is 1220 g/mol. The van der Waals surface area contributed by atoms with E-state index in [1.54, 1.807) is 0 Å². The standard InChI is InChI=1S/C84H62N8S/c1-7-24-53(25-8-1)55-42-44-60(45-43-55)82-85-79(57-30-13-4-14-31-57)87-83(88-82)62-47-49-72(69(51-62)84-89-80(58-32-15-5-16-33-58)86-81(90-84)59-34-17-6-18-35-59)91-71-48-46-61(54-26-9-2-10-27-54)50-67(71)68-52-66(56-28-11-3-12-29-56)76-75(77(68)91)65-37-19-21-39-70(65)92(76)73-40-23-38-64-63-36-20-22-41-74(63)93-78(64)73/h1-11,13-28,30-52,67,71,80,82-83,88H,12,29H2,(H,85,87)(H,86,89,90). The third-order valence-corrected chi connectivity index (χ3v) is 20.3. The Hall–Kier alpha value is -11.2. The van der Waals surface area contributed by atoms with Crippen LogP contribution in [0.25, 0.3) is 69.9 Å². The summed E-state index contributed by atoms with van der Waals surface area (Å²) in [4.78, 5) is 19.5. The zero-order valence-corrected chi connectivity index (χ0v) is 51.6. The Kier molecular flexibility index (Phi) is 13.5. The van der Waals surface area contributed by atoms with Crippen molar-refractivity contribution in [2.75, 3.05) is 4.90 Å². The van der Waals surface area contributed by atoms with Crippen molar-refractivity contribution in [3.05, 3.63) is 353 Å². The van der Waals surface area contributed by atoms with Crippen molar-refractivity contribution >= 4 is 93.3 Å². The lowest BCUT2D eigenvalue weighted by Crippen LogP contribution is -2.45. The number of thiophene rings is 1. The number of rotatable bonds is 11. The zero-order chi connectivity index (χ0) is 61.3. The SMILES string of the molecule is C1=CCCC(c2cc3c(c4c5ccccc5n(-c5cccc6c5sc5ccccc56)c24)N(c2ccc(C4NC(c5ccccc5)=NC(c5ccc(-c6ccccc6)cc5)N4)cc2C2=NC(c4ccccc4)NC(c4ccccc4)=N2)C2C=CC(c4ccccc4)=CC32)=C1. The molecule has 2 aromatic heterocycles. The summed E-state index contributed by atoms with van der Waals surface area (Å²) in [6, 6.07) is 96.2. The largest absolute Gasteiger partial charge is 0.350 e. The molecule has 0 saturated heterocycles. The molecule has 0 amide bonds. The number of aromatic nitrogens is 1. The second kappa shape index (κ2) is 22.9. The molecule has 13 aromatic rings. The van der Waals surface area contributed by atoms with E-state index in [0.29, 0.717) is 5.84 Å². The van der Waals surface area contributed by atoms with E-state index in [9.17, 15) is 0 Å². The number of nitrogens with one attached hydrogen (secondary N) is 3. The molecular formula is C84H62N8S. The van der Waals surface area contributed by atoms with E-state index in [-0.39, 0.29) is 24.3 Å². The van der Waals surface area contributed by atoms with Gasteiger partial charge in [-0.15, -0.1) is 11.3 Å². The molecule has 444 valence electrons. The van der Waals surface area contributed by atoms with E-state index in [2.05, 4.69) is 329 Å². The first-order valence-electron chi connectivity index (χ1n) is 32.2. The molecule has 8 nitrogen and oxygen atoms in total. The van der Waals surface area contributed by atoms with Crippen molar-refractivity contribution in [1.29, 1.82) is 0 Å². The Morgan fingerprint density at radius 2 is 1.14 bits per heavy atom. The van der Waals surface area contributed by atoms with Gasteiger partial charge in [0.15, 0.2) is 5.84 Å². The number of benzene rings is 11. The molecule has 93 heavy (non-hydrogen) atoms. The van der Waals surface area contributed by atoms with Crippen molar-refractivity contribution in [1.82, 2.24) is 20.5 Å². The van der Waals surface area contributed by atoms with Gasteiger partial charge in [-0.3, -0.25) is 5.32 Å². The molecular weight excluding hydrogens is 1150 g/mol. The minimum Gasteiger partial charge on any atom is -0.350 e. The summed E-state index contributed by atoms with van der Waals surface area (Å²) < 4.78 is 5.16. The van der Waals surface area contributed by atoms with Gasteiger partial charge in [0.2, 0.25) is 0 Å². The molecule has 0 spiro atoms. The Morgan fingerprint density at radius 1 is 0.495 bits per heavy atom. The summed E-state index contributed by atoms with van der Waals surface area (Å²) in [5.41, 5.74) is 20.4.